The highest BCUT2D eigenvalue weighted by molar-refractivity contribution is 6.08. The molecule has 2 aliphatic heterocycles. The van der Waals surface area contributed by atoms with Gasteiger partial charge in [-0.25, -0.2) is 0 Å². The Morgan fingerprint density at radius 3 is 1.26 bits per heavy atom. The molecule has 0 N–H and O–H groups in total. The third kappa shape index (κ3) is 2.76. The molecule has 7 rings (SSSR count). The minimum Gasteiger partial charge on any atom is -0.372 e. The van der Waals surface area contributed by atoms with Gasteiger partial charge in [-0.05, 0) is 91.0 Å². The van der Waals surface area contributed by atoms with E-state index in [0.717, 1.165) is 0 Å². The van der Waals surface area contributed by atoms with E-state index in [1.165, 1.54) is 77.2 Å². The van der Waals surface area contributed by atoms with Gasteiger partial charge in [0.25, 0.3) is 0 Å². The molecule has 0 aromatic heterocycles. The van der Waals surface area contributed by atoms with Crippen LogP contribution in [-0.4, -0.2) is 0 Å². The predicted molar refractivity (Wildman–Crippen MR) is 139 cm³/mol. The lowest BCUT2D eigenvalue weighted by atomic mass is 9.80. The maximum Gasteiger partial charge on any atom is 0.0731 e. The highest BCUT2D eigenvalue weighted by Gasteiger charge is 2.32. The van der Waals surface area contributed by atoms with Crippen molar-refractivity contribution in [2.45, 2.75) is 40.3 Å². The molecule has 0 radical (unpaired) electrons. The lowest BCUT2D eigenvalue weighted by Crippen LogP contribution is -2.02. The first-order valence-electron chi connectivity index (χ1n) is 12.0. The maximum absolute atomic E-state index is 6.08. The first-order chi connectivity index (χ1) is 16.7. The number of aryl methyl sites for hydroxylation is 2. The van der Waals surface area contributed by atoms with Crippen molar-refractivity contribution >= 4 is 21.5 Å². The lowest BCUT2D eigenvalue weighted by Gasteiger charge is -2.22. The molecule has 34 heavy (non-hydrogen) atoms. The summed E-state index contributed by atoms with van der Waals surface area (Å²) < 4.78 is 12.2. The van der Waals surface area contributed by atoms with Crippen LogP contribution in [-0.2, 0) is 35.9 Å². The van der Waals surface area contributed by atoms with Crippen molar-refractivity contribution in [2.24, 2.45) is 0 Å². The summed E-state index contributed by atoms with van der Waals surface area (Å²) in [4.78, 5) is 0. The average molecular weight is 443 g/mol. The van der Waals surface area contributed by atoms with Crippen molar-refractivity contribution in [3.05, 3.63) is 106 Å². The monoisotopic (exact) mass is 442 g/mol. The molecule has 0 fully saturated rings. The Bertz CT molecular complexity index is 1500. The molecule has 0 spiro atoms. The molecule has 2 heterocycles. The van der Waals surface area contributed by atoms with Crippen LogP contribution in [0.1, 0.15) is 33.4 Å². The van der Waals surface area contributed by atoms with Crippen LogP contribution >= 0.6 is 0 Å². The fraction of sp³-hybridized carbons (Fsp3) is 0.188. The zero-order chi connectivity index (χ0) is 22.8. The normalized spacial score (nSPS) is 14.6. The SMILES string of the molecule is Cc1ccc(-c2c3c(c4c(c2-c2ccc(C)c5ccccc25)COC4)COC3)c2ccccc12. The molecule has 0 saturated carbocycles. The maximum atomic E-state index is 6.08. The van der Waals surface area contributed by atoms with Gasteiger partial charge in [-0.2, -0.15) is 0 Å². The fourth-order valence-electron chi connectivity index (χ4n) is 6.08. The smallest absolute Gasteiger partial charge is 0.0731 e. The Labute approximate surface area is 199 Å². The van der Waals surface area contributed by atoms with Gasteiger partial charge in [0, 0.05) is 0 Å². The molecule has 166 valence electrons. The van der Waals surface area contributed by atoms with Gasteiger partial charge in [0.15, 0.2) is 0 Å². The molecule has 2 aliphatic rings. The zero-order valence-electron chi connectivity index (χ0n) is 19.6. The van der Waals surface area contributed by atoms with Crippen molar-refractivity contribution in [3.8, 4) is 22.3 Å². The van der Waals surface area contributed by atoms with Crippen LogP contribution in [0.5, 0.6) is 0 Å². The number of hydrogen-bond acceptors (Lipinski definition) is 2. The summed E-state index contributed by atoms with van der Waals surface area (Å²) in [6.45, 7) is 7.04. The summed E-state index contributed by atoms with van der Waals surface area (Å²) >= 11 is 0. The van der Waals surface area contributed by atoms with Crippen LogP contribution in [0.15, 0.2) is 72.8 Å². The van der Waals surface area contributed by atoms with Gasteiger partial charge in [-0.1, -0.05) is 72.8 Å². The van der Waals surface area contributed by atoms with E-state index in [9.17, 15) is 0 Å². The number of ether oxygens (including phenoxy) is 2. The van der Waals surface area contributed by atoms with Crippen molar-refractivity contribution in [1.82, 2.24) is 0 Å². The Balaban J connectivity index is 1.67. The van der Waals surface area contributed by atoms with Gasteiger partial charge in [-0.15, -0.1) is 0 Å². The molecule has 0 unspecified atom stereocenters. The van der Waals surface area contributed by atoms with Gasteiger partial charge in [0.1, 0.15) is 0 Å². The van der Waals surface area contributed by atoms with Gasteiger partial charge >= 0.3 is 0 Å². The second-order valence-corrected chi connectivity index (χ2v) is 9.60. The minimum atomic E-state index is 0.650. The Kier molecular flexibility index (Phi) is 4.42. The van der Waals surface area contributed by atoms with E-state index in [4.69, 9.17) is 9.47 Å². The average Bonchev–Trinajstić information content (AvgIpc) is 3.55. The van der Waals surface area contributed by atoms with Gasteiger partial charge in [0.2, 0.25) is 0 Å². The van der Waals surface area contributed by atoms with Crippen LogP contribution < -0.4 is 0 Å². The third-order valence-corrected chi connectivity index (χ3v) is 7.75. The van der Waals surface area contributed by atoms with Crippen LogP contribution in [0, 0.1) is 13.8 Å². The summed E-state index contributed by atoms with van der Waals surface area (Å²) in [6.07, 6.45) is 0. The van der Waals surface area contributed by atoms with E-state index in [1.807, 2.05) is 0 Å². The summed E-state index contributed by atoms with van der Waals surface area (Å²) in [5.41, 5.74) is 13.2. The number of benzene rings is 5. The van der Waals surface area contributed by atoms with Gasteiger partial charge < -0.3 is 9.47 Å². The second-order valence-electron chi connectivity index (χ2n) is 9.60. The van der Waals surface area contributed by atoms with Crippen LogP contribution in [0.25, 0.3) is 43.8 Å². The van der Waals surface area contributed by atoms with E-state index in [0.29, 0.717) is 26.4 Å². The molecular formula is C32H26O2. The number of fused-ring (bicyclic) bond motifs is 5. The van der Waals surface area contributed by atoms with E-state index in [1.54, 1.807) is 0 Å². The van der Waals surface area contributed by atoms with Crippen molar-refractivity contribution < 1.29 is 9.47 Å². The third-order valence-electron chi connectivity index (χ3n) is 7.75. The highest BCUT2D eigenvalue weighted by atomic mass is 16.5. The lowest BCUT2D eigenvalue weighted by molar-refractivity contribution is 0.126. The summed E-state index contributed by atoms with van der Waals surface area (Å²) in [7, 11) is 0. The second kappa shape index (κ2) is 7.53. The Hall–Kier alpha value is -3.46. The number of hydrogen-bond donors (Lipinski definition) is 0. The molecule has 2 nitrogen and oxygen atoms in total. The molecular weight excluding hydrogens is 416 g/mol. The summed E-state index contributed by atoms with van der Waals surface area (Å²) in [5.74, 6) is 0. The molecule has 0 bridgehead atoms. The van der Waals surface area contributed by atoms with Crippen molar-refractivity contribution in [2.75, 3.05) is 0 Å². The predicted octanol–water partition coefficient (Wildman–Crippen LogP) is 8.00. The quantitative estimate of drug-likeness (QED) is 0.276. The largest absolute Gasteiger partial charge is 0.372 e. The fourth-order valence-corrected chi connectivity index (χ4v) is 6.08. The van der Waals surface area contributed by atoms with Crippen LogP contribution in [0.4, 0.5) is 0 Å². The first-order valence-corrected chi connectivity index (χ1v) is 12.0. The molecule has 2 heteroatoms. The molecule has 0 atom stereocenters. The van der Waals surface area contributed by atoms with Gasteiger partial charge in [-0.3, -0.25) is 0 Å². The van der Waals surface area contributed by atoms with E-state index in [2.05, 4.69) is 86.6 Å². The zero-order valence-corrected chi connectivity index (χ0v) is 19.6. The molecule has 0 amide bonds. The van der Waals surface area contributed by atoms with Crippen LogP contribution in [0.3, 0.4) is 0 Å². The van der Waals surface area contributed by atoms with E-state index < -0.39 is 0 Å². The van der Waals surface area contributed by atoms with E-state index >= 15 is 0 Å². The molecule has 5 aromatic carbocycles. The standard InChI is InChI=1S/C32H26O2/c1-19-11-13-25(23-9-5-3-7-21(19)23)31-29-17-33-15-27(29)28-16-34-18-30(28)32(31)26-14-12-20(2)22-8-4-6-10-24(22)26/h3-14H,15-18H2,1-2H3. The van der Waals surface area contributed by atoms with Gasteiger partial charge in [0.05, 0.1) is 26.4 Å². The van der Waals surface area contributed by atoms with Crippen LogP contribution in [0.2, 0.25) is 0 Å². The van der Waals surface area contributed by atoms with E-state index in [-0.39, 0.29) is 0 Å². The molecule has 0 aliphatic carbocycles. The molecule has 5 aromatic rings. The van der Waals surface area contributed by atoms with Crippen molar-refractivity contribution in [3.63, 3.8) is 0 Å². The Morgan fingerprint density at radius 2 is 0.824 bits per heavy atom. The first kappa shape index (κ1) is 20.0. The van der Waals surface area contributed by atoms with Crippen molar-refractivity contribution in [1.29, 1.82) is 0 Å². The number of rotatable bonds is 2. The Morgan fingerprint density at radius 1 is 0.441 bits per heavy atom. The summed E-state index contributed by atoms with van der Waals surface area (Å²) in [6, 6.07) is 26.7. The summed E-state index contributed by atoms with van der Waals surface area (Å²) in [5, 5.41) is 5.22. The highest BCUT2D eigenvalue weighted by Crippen LogP contribution is 2.49. The minimum absolute atomic E-state index is 0.650. The topological polar surface area (TPSA) is 18.5 Å². The molecule has 0 saturated heterocycles.